The van der Waals surface area contributed by atoms with Gasteiger partial charge in [-0.15, -0.1) is 0 Å². The number of aromatic nitrogens is 2. The van der Waals surface area contributed by atoms with E-state index in [1.807, 2.05) is 18.2 Å². The van der Waals surface area contributed by atoms with Gasteiger partial charge in [0.15, 0.2) is 0 Å². The van der Waals surface area contributed by atoms with Crippen LogP contribution in [0.25, 0.3) is 17.5 Å². The summed E-state index contributed by atoms with van der Waals surface area (Å²) in [7, 11) is 0. The third kappa shape index (κ3) is 6.28. The summed E-state index contributed by atoms with van der Waals surface area (Å²) in [5.74, 6) is 1.71. The van der Waals surface area contributed by atoms with E-state index in [0.717, 1.165) is 64.2 Å². The molecule has 0 radical (unpaired) electrons. The monoisotopic (exact) mass is 485 g/mol. The molecule has 2 aliphatic heterocycles. The van der Waals surface area contributed by atoms with E-state index in [4.69, 9.17) is 4.52 Å². The maximum atomic E-state index is 13.1. The molecule has 188 valence electrons. The van der Waals surface area contributed by atoms with Crippen molar-refractivity contribution in [3.63, 3.8) is 0 Å². The topological polar surface area (TPSA) is 65.7 Å². The minimum atomic E-state index is 0.122. The van der Waals surface area contributed by atoms with Crippen molar-refractivity contribution in [1.29, 1.82) is 0 Å². The second kappa shape index (κ2) is 11.6. The molecule has 0 unspecified atom stereocenters. The smallest absolute Gasteiger partial charge is 0.241 e. The van der Waals surface area contributed by atoms with Gasteiger partial charge < -0.3 is 9.42 Å². The number of aryl methyl sites for hydroxylation is 1. The predicted octanol–water partition coefficient (Wildman–Crippen LogP) is 4.11. The molecule has 0 aliphatic carbocycles. The lowest BCUT2D eigenvalue weighted by atomic mass is 9.95. The van der Waals surface area contributed by atoms with Gasteiger partial charge in [0.25, 0.3) is 0 Å². The number of hydrogen-bond donors (Lipinski definition) is 0. The Balaban J connectivity index is 1.04. The van der Waals surface area contributed by atoms with Crippen LogP contribution in [0.15, 0.2) is 65.2 Å². The molecule has 0 saturated carbocycles. The summed E-state index contributed by atoms with van der Waals surface area (Å²) in [6.07, 6.45) is 6.16. The first-order valence-corrected chi connectivity index (χ1v) is 13.0. The molecule has 1 amide bonds. The average molecular weight is 486 g/mol. The lowest BCUT2D eigenvalue weighted by molar-refractivity contribution is -0.138. The van der Waals surface area contributed by atoms with Crippen molar-refractivity contribution in [2.24, 2.45) is 5.92 Å². The Hall–Kier alpha value is -3.29. The van der Waals surface area contributed by atoms with Gasteiger partial charge >= 0.3 is 0 Å². The summed E-state index contributed by atoms with van der Waals surface area (Å²) in [6.45, 7) is 8.88. The molecule has 3 heterocycles. The molecule has 2 fully saturated rings. The minimum absolute atomic E-state index is 0.122. The van der Waals surface area contributed by atoms with Crippen LogP contribution in [0.2, 0.25) is 0 Å². The van der Waals surface area contributed by atoms with Crippen LogP contribution in [-0.4, -0.2) is 76.6 Å². The molecule has 2 saturated heterocycles. The van der Waals surface area contributed by atoms with E-state index < -0.39 is 0 Å². The van der Waals surface area contributed by atoms with E-state index in [9.17, 15) is 4.79 Å². The molecule has 36 heavy (non-hydrogen) atoms. The fraction of sp³-hybridized carbons (Fsp3) is 0.414. The second-order valence-corrected chi connectivity index (χ2v) is 9.87. The van der Waals surface area contributed by atoms with Crippen molar-refractivity contribution in [2.45, 2.75) is 26.3 Å². The van der Waals surface area contributed by atoms with Gasteiger partial charge in [-0.05, 0) is 44.5 Å². The first-order chi connectivity index (χ1) is 17.6. The predicted molar refractivity (Wildman–Crippen MR) is 141 cm³/mol. The SMILES string of the molecule is Cc1cccc(-c2noc(CN3CCC(C(=O)N4CCN(C/C=C/c5ccccc5)CC4)CC3)n2)c1. The van der Waals surface area contributed by atoms with Crippen LogP contribution in [0.3, 0.4) is 0 Å². The van der Waals surface area contributed by atoms with Crippen LogP contribution >= 0.6 is 0 Å². The average Bonchev–Trinajstić information content (AvgIpc) is 3.38. The van der Waals surface area contributed by atoms with Gasteiger partial charge in [0.05, 0.1) is 6.54 Å². The quantitative estimate of drug-likeness (QED) is 0.502. The first kappa shape index (κ1) is 24.4. The number of amides is 1. The normalized spacial score (nSPS) is 18.2. The first-order valence-electron chi connectivity index (χ1n) is 13.0. The fourth-order valence-corrected chi connectivity index (χ4v) is 5.06. The Labute approximate surface area is 213 Å². The van der Waals surface area contributed by atoms with Gasteiger partial charge in [0, 0.05) is 44.2 Å². The fourth-order valence-electron chi connectivity index (χ4n) is 5.06. The summed E-state index contributed by atoms with van der Waals surface area (Å²) in [6, 6.07) is 18.5. The molecular formula is C29H35N5O2. The molecule has 0 bridgehead atoms. The van der Waals surface area contributed by atoms with Gasteiger partial charge in [0.1, 0.15) is 0 Å². The van der Waals surface area contributed by atoms with Crippen LogP contribution in [0.1, 0.15) is 29.9 Å². The van der Waals surface area contributed by atoms with Crippen molar-refractivity contribution in [3.8, 4) is 11.4 Å². The highest BCUT2D eigenvalue weighted by molar-refractivity contribution is 5.79. The summed E-state index contributed by atoms with van der Waals surface area (Å²) < 4.78 is 5.51. The molecule has 7 heteroatoms. The van der Waals surface area contributed by atoms with Crippen molar-refractivity contribution in [1.82, 2.24) is 24.8 Å². The van der Waals surface area contributed by atoms with Gasteiger partial charge in [-0.3, -0.25) is 14.6 Å². The van der Waals surface area contributed by atoms with E-state index in [1.54, 1.807) is 0 Å². The standard InChI is InChI=1S/C29H35N5O2/c1-23-7-5-11-26(21-23)28-30-27(36-31-28)22-33-15-12-25(13-16-33)29(35)34-19-17-32(18-20-34)14-6-10-24-8-3-2-4-9-24/h2-11,21,25H,12-20,22H2,1H3/b10-6+. The van der Waals surface area contributed by atoms with Crippen LogP contribution in [-0.2, 0) is 11.3 Å². The number of rotatable bonds is 7. The summed E-state index contributed by atoms with van der Waals surface area (Å²) >= 11 is 0. The van der Waals surface area contributed by atoms with Gasteiger partial charge in [0.2, 0.25) is 17.6 Å². The van der Waals surface area contributed by atoms with E-state index in [1.165, 1.54) is 11.1 Å². The molecule has 1 aromatic heterocycles. The highest BCUT2D eigenvalue weighted by atomic mass is 16.5. The number of carbonyl (C=O) groups is 1. The Morgan fingerprint density at radius 1 is 0.972 bits per heavy atom. The number of nitrogens with zero attached hydrogens (tertiary/aromatic N) is 5. The Morgan fingerprint density at radius 2 is 1.75 bits per heavy atom. The molecular weight excluding hydrogens is 450 g/mol. The van der Waals surface area contributed by atoms with E-state index in [2.05, 4.69) is 80.3 Å². The zero-order valence-corrected chi connectivity index (χ0v) is 21.1. The van der Waals surface area contributed by atoms with Crippen LogP contribution < -0.4 is 0 Å². The van der Waals surface area contributed by atoms with Crippen LogP contribution in [0.4, 0.5) is 0 Å². The minimum Gasteiger partial charge on any atom is -0.340 e. The van der Waals surface area contributed by atoms with E-state index >= 15 is 0 Å². The van der Waals surface area contributed by atoms with Crippen LogP contribution in [0.5, 0.6) is 0 Å². The van der Waals surface area contributed by atoms with Crippen molar-refractivity contribution >= 4 is 12.0 Å². The molecule has 7 nitrogen and oxygen atoms in total. The molecule has 0 atom stereocenters. The van der Waals surface area contributed by atoms with Gasteiger partial charge in [-0.1, -0.05) is 71.4 Å². The van der Waals surface area contributed by atoms with E-state index in [0.29, 0.717) is 24.2 Å². The molecule has 0 N–H and O–H groups in total. The Kier molecular flexibility index (Phi) is 7.88. The maximum Gasteiger partial charge on any atom is 0.241 e. The molecule has 5 rings (SSSR count). The third-order valence-corrected chi connectivity index (χ3v) is 7.20. The molecule has 2 aromatic carbocycles. The van der Waals surface area contributed by atoms with Gasteiger partial charge in [-0.25, -0.2) is 0 Å². The summed E-state index contributed by atoms with van der Waals surface area (Å²) in [5, 5.41) is 4.16. The van der Waals surface area contributed by atoms with Crippen molar-refractivity contribution in [2.75, 3.05) is 45.8 Å². The zero-order valence-electron chi connectivity index (χ0n) is 21.1. The van der Waals surface area contributed by atoms with E-state index in [-0.39, 0.29) is 5.92 Å². The molecule has 3 aromatic rings. The molecule has 0 spiro atoms. The number of piperazine rings is 1. The number of likely N-dealkylation sites (tertiary alicyclic amines) is 1. The lowest BCUT2D eigenvalue weighted by Crippen LogP contribution is -2.51. The van der Waals surface area contributed by atoms with Crippen molar-refractivity contribution in [3.05, 3.63) is 77.7 Å². The zero-order chi connectivity index (χ0) is 24.7. The Bertz CT molecular complexity index is 1160. The van der Waals surface area contributed by atoms with Gasteiger partial charge in [-0.2, -0.15) is 4.98 Å². The van der Waals surface area contributed by atoms with Crippen molar-refractivity contribution < 1.29 is 9.32 Å². The number of carbonyl (C=O) groups excluding carboxylic acids is 1. The number of benzene rings is 2. The molecule has 2 aliphatic rings. The summed E-state index contributed by atoms with van der Waals surface area (Å²) in [5.41, 5.74) is 3.37. The Morgan fingerprint density at radius 3 is 2.50 bits per heavy atom. The van der Waals surface area contributed by atoms with Crippen LogP contribution in [0, 0.1) is 12.8 Å². The number of hydrogen-bond acceptors (Lipinski definition) is 6. The highest BCUT2D eigenvalue weighted by Crippen LogP contribution is 2.23. The second-order valence-electron chi connectivity index (χ2n) is 9.87. The maximum absolute atomic E-state index is 13.1. The third-order valence-electron chi connectivity index (χ3n) is 7.20. The largest absolute Gasteiger partial charge is 0.340 e. The summed E-state index contributed by atoms with van der Waals surface area (Å²) in [4.78, 5) is 24.5. The lowest BCUT2D eigenvalue weighted by Gasteiger charge is -2.38. The number of piperidine rings is 1. The highest BCUT2D eigenvalue weighted by Gasteiger charge is 2.30.